The van der Waals surface area contributed by atoms with Crippen LogP contribution in [0.4, 0.5) is 23.2 Å². The zero-order valence-corrected chi connectivity index (χ0v) is 12.1. The smallest absolute Gasteiger partial charge is 0.404 e. The Morgan fingerprint density at radius 1 is 1.10 bits per heavy atom. The van der Waals surface area contributed by atoms with E-state index in [-0.39, 0.29) is 18.0 Å². The predicted molar refractivity (Wildman–Crippen MR) is 74.6 cm³/mol. The van der Waals surface area contributed by atoms with Crippen molar-refractivity contribution in [2.24, 2.45) is 0 Å². The highest BCUT2D eigenvalue weighted by Crippen LogP contribution is 2.30. The number of ether oxygens (including phenoxy) is 1. The van der Waals surface area contributed by atoms with E-state index in [0.29, 0.717) is 10.0 Å². The number of para-hydroxylation sites is 2. The van der Waals surface area contributed by atoms with Crippen LogP contribution in [0, 0.1) is 5.82 Å². The van der Waals surface area contributed by atoms with Gasteiger partial charge in [0.15, 0.2) is 5.75 Å². The first-order valence-corrected chi connectivity index (χ1v) is 6.67. The maximum absolute atomic E-state index is 13.0. The lowest BCUT2D eigenvalue weighted by atomic mass is 10.2. The van der Waals surface area contributed by atoms with Crippen LogP contribution >= 0.6 is 15.9 Å². The lowest BCUT2D eigenvalue weighted by Gasteiger charge is -2.15. The van der Waals surface area contributed by atoms with Gasteiger partial charge < -0.3 is 10.1 Å². The molecular formula is C14H10BrF4NO. The lowest BCUT2D eigenvalue weighted by Crippen LogP contribution is -2.18. The van der Waals surface area contributed by atoms with Gasteiger partial charge in [0, 0.05) is 11.0 Å². The standard InChI is InChI=1S/C14H10BrF4NO/c15-11-7-10(16)6-5-9(11)8-20-12-3-1-2-4-13(12)21-14(17,18)19/h1-7,20H,8H2. The maximum Gasteiger partial charge on any atom is 0.573 e. The largest absolute Gasteiger partial charge is 0.573 e. The zero-order chi connectivity index (χ0) is 15.5. The van der Waals surface area contributed by atoms with Crippen molar-refractivity contribution in [2.45, 2.75) is 12.9 Å². The van der Waals surface area contributed by atoms with E-state index in [1.54, 1.807) is 12.1 Å². The van der Waals surface area contributed by atoms with E-state index < -0.39 is 12.2 Å². The maximum atomic E-state index is 13.0. The number of halogens is 5. The first kappa shape index (κ1) is 15.6. The fourth-order valence-corrected chi connectivity index (χ4v) is 2.17. The van der Waals surface area contributed by atoms with E-state index in [1.165, 1.54) is 30.3 Å². The minimum Gasteiger partial charge on any atom is -0.404 e. The summed E-state index contributed by atoms with van der Waals surface area (Å²) in [5.41, 5.74) is 0.907. The van der Waals surface area contributed by atoms with Crippen molar-refractivity contribution >= 4 is 21.6 Å². The van der Waals surface area contributed by atoms with E-state index in [0.717, 1.165) is 0 Å². The average Bonchev–Trinajstić information content (AvgIpc) is 2.37. The summed E-state index contributed by atoms with van der Waals surface area (Å²) in [5, 5.41) is 2.83. The van der Waals surface area contributed by atoms with Gasteiger partial charge in [0.1, 0.15) is 5.82 Å². The summed E-state index contributed by atoms with van der Waals surface area (Å²) in [7, 11) is 0. The molecule has 7 heteroatoms. The molecule has 2 rings (SSSR count). The van der Waals surface area contributed by atoms with E-state index in [9.17, 15) is 17.6 Å². The third-order valence-electron chi connectivity index (χ3n) is 2.60. The molecule has 0 bridgehead atoms. The van der Waals surface area contributed by atoms with E-state index in [4.69, 9.17) is 0 Å². The number of nitrogens with one attached hydrogen (secondary N) is 1. The SMILES string of the molecule is Fc1ccc(CNc2ccccc2OC(F)(F)F)c(Br)c1. The van der Waals surface area contributed by atoms with Crippen molar-refractivity contribution in [1.82, 2.24) is 0 Å². The van der Waals surface area contributed by atoms with Crippen LogP contribution in [-0.2, 0) is 6.54 Å². The normalized spacial score (nSPS) is 11.3. The summed E-state index contributed by atoms with van der Waals surface area (Å²) >= 11 is 3.20. The van der Waals surface area contributed by atoms with Gasteiger partial charge in [-0.1, -0.05) is 34.1 Å². The van der Waals surface area contributed by atoms with Gasteiger partial charge in [-0.2, -0.15) is 0 Å². The Hall–Kier alpha value is -1.76. The average molecular weight is 364 g/mol. The Morgan fingerprint density at radius 3 is 2.48 bits per heavy atom. The van der Waals surface area contributed by atoms with Gasteiger partial charge in [-0.3, -0.25) is 0 Å². The third kappa shape index (κ3) is 4.63. The van der Waals surface area contributed by atoms with Crippen LogP contribution in [0.1, 0.15) is 5.56 Å². The van der Waals surface area contributed by atoms with Crippen LogP contribution in [0.5, 0.6) is 5.75 Å². The molecule has 0 saturated heterocycles. The van der Waals surface area contributed by atoms with Crippen LogP contribution in [0.3, 0.4) is 0 Å². The van der Waals surface area contributed by atoms with Crippen molar-refractivity contribution in [3.63, 3.8) is 0 Å². The zero-order valence-electron chi connectivity index (χ0n) is 10.5. The fraction of sp³-hybridized carbons (Fsp3) is 0.143. The molecule has 1 N–H and O–H groups in total. The van der Waals surface area contributed by atoms with Gasteiger partial charge in [0.05, 0.1) is 5.69 Å². The van der Waals surface area contributed by atoms with Crippen molar-refractivity contribution in [3.05, 3.63) is 58.3 Å². The first-order valence-electron chi connectivity index (χ1n) is 5.88. The number of hydrogen-bond donors (Lipinski definition) is 1. The second-order valence-corrected chi connectivity index (χ2v) is 4.99. The molecule has 21 heavy (non-hydrogen) atoms. The van der Waals surface area contributed by atoms with Gasteiger partial charge in [0.25, 0.3) is 0 Å². The summed E-state index contributed by atoms with van der Waals surface area (Å²) in [6, 6.07) is 9.83. The highest BCUT2D eigenvalue weighted by molar-refractivity contribution is 9.10. The minimum absolute atomic E-state index is 0.200. The van der Waals surface area contributed by atoms with E-state index >= 15 is 0 Å². The molecule has 0 aliphatic carbocycles. The minimum atomic E-state index is -4.76. The molecular weight excluding hydrogens is 354 g/mol. The van der Waals surface area contributed by atoms with Crippen LogP contribution in [0.15, 0.2) is 46.9 Å². The Balaban J connectivity index is 2.13. The molecule has 2 aromatic rings. The third-order valence-corrected chi connectivity index (χ3v) is 3.34. The molecule has 0 radical (unpaired) electrons. The Labute approximate surface area is 126 Å². The number of hydrogen-bond acceptors (Lipinski definition) is 2. The Kier molecular flexibility index (Phi) is 4.72. The molecule has 0 spiro atoms. The van der Waals surface area contributed by atoms with Crippen LogP contribution < -0.4 is 10.1 Å². The fourth-order valence-electron chi connectivity index (χ4n) is 1.68. The van der Waals surface area contributed by atoms with Crippen molar-refractivity contribution in [3.8, 4) is 5.75 Å². The molecule has 0 aromatic heterocycles. The lowest BCUT2D eigenvalue weighted by molar-refractivity contribution is -0.274. The molecule has 0 heterocycles. The van der Waals surface area contributed by atoms with Crippen molar-refractivity contribution in [1.29, 1.82) is 0 Å². The number of alkyl halides is 3. The summed E-state index contributed by atoms with van der Waals surface area (Å²) < 4.78 is 54.3. The molecule has 0 aliphatic heterocycles. The quantitative estimate of drug-likeness (QED) is 0.763. The summed E-state index contributed by atoms with van der Waals surface area (Å²) in [6.45, 7) is 0.221. The molecule has 0 atom stereocenters. The topological polar surface area (TPSA) is 21.3 Å². The predicted octanol–water partition coefficient (Wildman–Crippen LogP) is 5.10. The molecule has 112 valence electrons. The first-order chi connectivity index (χ1) is 9.85. The van der Waals surface area contributed by atoms with Gasteiger partial charge in [-0.15, -0.1) is 13.2 Å². The van der Waals surface area contributed by atoms with Crippen LogP contribution in [0.25, 0.3) is 0 Å². The Bertz CT molecular complexity index is 631. The molecule has 0 aliphatic rings. The molecule has 0 amide bonds. The van der Waals surface area contributed by atoms with Crippen LogP contribution in [-0.4, -0.2) is 6.36 Å². The molecule has 0 fully saturated rings. The van der Waals surface area contributed by atoms with Gasteiger partial charge in [0.2, 0.25) is 0 Å². The van der Waals surface area contributed by atoms with Crippen molar-refractivity contribution < 1.29 is 22.3 Å². The molecule has 0 saturated carbocycles. The van der Waals surface area contributed by atoms with Gasteiger partial charge >= 0.3 is 6.36 Å². The molecule has 0 unspecified atom stereocenters. The van der Waals surface area contributed by atoms with Crippen LogP contribution in [0.2, 0.25) is 0 Å². The van der Waals surface area contributed by atoms with Gasteiger partial charge in [-0.05, 0) is 29.8 Å². The number of rotatable bonds is 4. The number of benzene rings is 2. The number of anilines is 1. The second kappa shape index (κ2) is 6.34. The van der Waals surface area contributed by atoms with E-state index in [2.05, 4.69) is 26.0 Å². The Morgan fingerprint density at radius 2 is 1.81 bits per heavy atom. The summed E-state index contributed by atoms with van der Waals surface area (Å²) in [5.74, 6) is -0.713. The second-order valence-electron chi connectivity index (χ2n) is 4.13. The van der Waals surface area contributed by atoms with E-state index in [1.807, 2.05) is 0 Å². The monoisotopic (exact) mass is 363 g/mol. The molecule has 2 aromatic carbocycles. The highest BCUT2D eigenvalue weighted by Gasteiger charge is 2.32. The highest BCUT2D eigenvalue weighted by atomic mass is 79.9. The summed E-state index contributed by atoms with van der Waals surface area (Å²) in [6.07, 6.45) is -4.76. The van der Waals surface area contributed by atoms with Crippen molar-refractivity contribution in [2.75, 3.05) is 5.32 Å². The molecule has 2 nitrogen and oxygen atoms in total. The summed E-state index contributed by atoms with van der Waals surface area (Å²) in [4.78, 5) is 0. The van der Waals surface area contributed by atoms with Gasteiger partial charge in [-0.25, -0.2) is 4.39 Å².